The Morgan fingerprint density at radius 2 is 0.895 bits per heavy atom. The highest BCUT2D eigenvalue weighted by atomic mass is 35.5. The summed E-state index contributed by atoms with van der Waals surface area (Å²) in [6.07, 6.45) is 0. The maximum atomic E-state index is 5.58. The van der Waals surface area contributed by atoms with Crippen LogP contribution in [-0.2, 0) is 0 Å². The van der Waals surface area contributed by atoms with Crippen molar-refractivity contribution in [1.82, 2.24) is 0 Å². The molecule has 0 aliphatic rings. The molecule has 0 saturated heterocycles. The van der Waals surface area contributed by atoms with Crippen LogP contribution < -0.4 is 0 Å². The molecule has 106 valence electrons. The van der Waals surface area contributed by atoms with Gasteiger partial charge in [-0.25, -0.2) is 0 Å². The van der Waals surface area contributed by atoms with Crippen molar-refractivity contribution in [3.05, 3.63) is 70.2 Å². The molecule has 0 spiro atoms. The van der Waals surface area contributed by atoms with E-state index < -0.39 is 0 Å². The molecule has 0 bridgehead atoms. The summed E-state index contributed by atoms with van der Waals surface area (Å²) in [4.78, 5) is 0. The fraction of sp³-hybridized carbons (Fsp3) is 0.294. The van der Waals surface area contributed by atoms with Gasteiger partial charge in [-0.1, -0.05) is 98.9 Å². The zero-order valence-electron chi connectivity index (χ0n) is 12.5. The zero-order valence-corrected chi connectivity index (χ0v) is 14.0. The van der Waals surface area contributed by atoms with Crippen molar-refractivity contribution in [3.8, 4) is 0 Å². The van der Waals surface area contributed by atoms with Gasteiger partial charge in [0.05, 0.1) is 10.0 Å². The molecule has 2 aromatic carbocycles. The monoisotopic (exact) mass is 298 g/mol. The van der Waals surface area contributed by atoms with Gasteiger partial charge in [0.15, 0.2) is 0 Å². The number of aryl methyl sites for hydroxylation is 1. The topological polar surface area (TPSA) is 0 Å². The van der Waals surface area contributed by atoms with Crippen molar-refractivity contribution in [3.63, 3.8) is 0 Å². The Morgan fingerprint density at radius 3 is 1.11 bits per heavy atom. The largest absolute Gasteiger partial charge is 0.0827 e. The first kappa shape index (κ1) is 20.3. The van der Waals surface area contributed by atoms with Crippen LogP contribution in [0.15, 0.2) is 54.6 Å². The van der Waals surface area contributed by atoms with Crippen LogP contribution in [0.2, 0.25) is 10.0 Å². The SMILES string of the molecule is CC.CC.Cc1ccccc1.Clc1ccccc1Cl. The van der Waals surface area contributed by atoms with E-state index in [1.807, 2.05) is 58.0 Å². The van der Waals surface area contributed by atoms with Gasteiger partial charge in [-0.15, -0.1) is 0 Å². The Balaban J connectivity index is 0. The summed E-state index contributed by atoms with van der Waals surface area (Å²) in [5.41, 5.74) is 1.32. The van der Waals surface area contributed by atoms with Crippen molar-refractivity contribution in [2.24, 2.45) is 0 Å². The van der Waals surface area contributed by atoms with Crippen LogP contribution >= 0.6 is 23.2 Å². The Hall–Kier alpha value is -0.980. The minimum Gasteiger partial charge on any atom is -0.0827 e. The second kappa shape index (κ2) is 15.1. The highest BCUT2D eigenvalue weighted by molar-refractivity contribution is 6.41. The van der Waals surface area contributed by atoms with Crippen molar-refractivity contribution in [1.29, 1.82) is 0 Å². The first-order valence-corrected chi connectivity index (χ1v) is 7.37. The third kappa shape index (κ3) is 11.8. The van der Waals surface area contributed by atoms with Gasteiger partial charge < -0.3 is 0 Å². The van der Waals surface area contributed by atoms with Gasteiger partial charge in [0.1, 0.15) is 0 Å². The third-order valence-electron chi connectivity index (χ3n) is 1.76. The fourth-order valence-corrected chi connectivity index (χ4v) is 1.25. The average Bonchev–Trinajstić information content (AvgIpc) is 2.48. The maximum Gasteiger partial charge on any atom is 0.0592 e. The van der Waals surface area contributed by atoms with E-state index >= 15 is 0 Å². The van der Waals surface area contributed by atoms with Crippen molar-refractivity contribution in [2.45, 2.75) is 34.6 Å². The smallest absolute Gasteiger partial charge is 0.0592 e. The molecule has 0 saturated carbocycles. The number of halogens is 2. The lowest BCUT2D eigenvalue weighted by molar-refractivity contribution is 1.48. The Bertz CT molecular complexity index is 376. The third-order valence-corrected chi connectivity index (χ3v) is 2.52. The number of rotatable bonds is 0. The number of hydrogen-bond acceptors (Lipinski definition) is 0. The number of hydrogen-bond donors (Lipinski definition) is 0. The van der Waals surface area contributed by atoms with Crippen LogP contribution in [0.1, 0.15) is 33.3 Å². The highest BCUT2D eigenvalue weighted by Crippen LogP contribution is 2.19. The first-order chi connectivity index (χ1) is 9.20. The van der Waals surface area contributed by atoms with E-state index in [2.05, 4.69) is 19.1 Å². The van der Waals surface area contributed by atoms with Crippen LogP contribution in [0.5, 0.6) is 0 Å². The van der Waals surface area contributed by atoms with Crippen LogP contribution in [0.3, 0.4) is 0 Å². The second-order valence-corrected chi connectivity index (χ2v) is 3.88. The second-order valence-electron chi connectivity index (χ2n) is 3.07. The first-order valence-electron chi connectivity index (χ1n) is 6.62. The van der Waals surface area contributed by atoms with Crippen molar-refractivity contribution >= 4 is 23.2 Å². The minimum absolute atomic E-state index is 0.606. The molecule has 0 unspecified atom stereocenters. The van der Waals surface area contributed by atoms with Gasteiger partial charge >= 0.3 is 0 Å². The highest BCUT2D eigenvalue weighted by Gasteiger charge is 1.89. The molecule has 2 heteroatoms. The van der Waals surface area contributed by atoms with E-state index in [-0.39, 0.29) is 0 Å². The molecule has 0 N–H and O–H groups in total. The van der Waals surface area contributed by atoms with Crippen LogP contribution in [0, 0.1) is 6.92 Å². The van der Waals surface area contributed by atoms with E-state index in [0.717, 1.165) is 0 Å². The van der Waals surface area contributed by atoms with Gasteiger partial charge in [-0.2, -0.15) is 0 Å². The molecular weight excluding hydrogens is 275 g/mol. The molecule has 2 aromatic rings. The predicted octanol–water partition coefficient (Wildman–Crippen LogP) is 7.04. The minimum atomic E-state index is 0.606. The summed E-state index contributed by atoms with van der Waals surface area (Å²) in [6.45, 7) is 10.1. The van der Waals surface area contributed by atoms with Gasteiger partial charge in [-0.05, 0) is 19.1 Å². The molecule has 0 radical (unpaired) electrons. The van der Waals surface area contributed by atoms with Crippen LogP contribution in [0.4, 0.5) is 0 Å². The van der Waals surface area contributed by atoms with Gasteiger partial charge in [-0.3, -0.25) is 0 Å². The molecule has 0 aliphatic heterocycles. The molecule has 2 rings (SSSR count). The van der Waals surface area contributed by atoms with E-state index in [1.54, 1.807) is 12.1 Å². The molecular formula is C17H24Cl2. The zero-order chi connectivity index (χ0) is 15.1. The molecule has 0 heterocycles. The Morgan fingerprint density at radius 1 is 0.579 bits per heavy atom. The molecule has 0 amide bonds. The van der Waals surface area contributed by atoms with Crippen LogP contribution in [-0.4, -0.2) is 0 Å². The molecule has 19 heavy (non-hydrogen) atoms. The molecule has 0 nitrogen and oxygen atoms in total. The number of benzene rings is 2. The normalized spacial score (nSPS) is 7.74. The maximum absolute atomic E-state index is 5.58. The fourth-order valence-electron chi connectivity index (χ4n) is 0.974. The Kier molecular flexibility index (Phi) is 16.1. The van der Waals surface area contributed by atoms with E-state index in [9.17, 15) is 0 Å². The molecule has 0 aromatic heterocycles. The quantitative estimate of drug-likeness (QED) is 0.489. The van der Waals surface area contributed by atoms with Crippen LogP contribution in [0.25, 0.3) is 0 Å². The summed E-state index contributed by atoms with van der Waals surface area (Å²) < 4.78 is 0. The van der Waals surface area contributed by atoms with Gasteiger partial charge in [0, 0.05) is 0 Å². The average molecular weight is 299 g/mol. The van der Waals surface area contributed by atoms with E-state index in [4.69, 9.17) is 23.2 Å². The molecule has 0 atom stereocenters. The summed E-state index contributed by atoms with van der Waals surface area (Å²) in [5, 5.41) is 1.21. The Labute approximate surface area is 128 Å². The lowest BCUT2D eigenvalue weighted by atomic mass is 10.2. The lowest BCUT2D eigenvalue weighted by Crippen LogP contribution is -1.62. The van der Waals surface area contributed by atoms with Crippen molar-refractivity contribution < 1.29 is 0 Å². The summed E-state index contributed by atoms with van der Waals surface area (Å²) in [7, 11) is 0. The van der Waals surface area contributed by atoms with Gasteiger partial charge in [0.25, 0.3) is 0 Å². The summed E-state index contributed by atoms with van der Waals surface area (Å²) in [5.74, 6) is 0. The lowest BCUT2D eigenvalue weighted by Gasteiger charge is -1.88. The summed E-state index contributed by atoms with van der Waals surface area (Å²) in [6, 6.07) is 17.5. The standard InChI is InChI=1S/C7H8.C6H4Cl2.2C2H6/c1-7-5-3-2-4-6-7;7-5-3-1-2-4-6(5)8;2*1-2/h2-6H,1H3;1-4H;2*1-2H3. The predicted molar refractivity (Wildman–Crippen MR) is 90.3 cm³/mol. The van der Waals surface area contributed by atoms with E-state index in [0.29, 0.717) is 10.0 Å². The molecule has 0 fully saturated rings. The summed E-state index contributed by atoms with van der Waals surface area (Å²) >= 11 is 11.2. The molecule has 0 aliphatic carbocycles. The van der Waals surface area contributed by atoms with E-state index in [1.165, 1.54) is 5.56 Å². The van der Waals surface area contributed by atoms with Gasteiger partial charge in [0.2, 0.25) is 0 Å². The van der Waals surface area contributed by atoms with Crippen molar-refractivity contribution in [2.75, 3.05) is 0 Å².